The van der Waals surface area contributed by atoms with E-state index in [2.05, 4.69) is 0 Å². The molecule has 1 aromatic carbocycles. The van der Waals surface area contributed by atoms with E-state index in [1.54, 1.807) is 17.0 Å². The zero-order valence-electron chi connectivity index (χ0n) is 15.0. The van der Waals surface area contributed by atoms with Gasteiger partial charge in [-0.25, -0.2) is 4.79 Å². The molecule has 3 atom stereocenters. The molecule has 7 heteroatoms. The molecule has 1 unspecified atom stereocenters. The van der Waals surface area contributed by atoms with Gasteiger partial charge >= 0.3 is 6.09 Å². The first-order chi connectivity index (χ1) is 12.3. The second-order valence-corrected chi connectivity index (χ2v) is 8.28. The summed E-state index contributed by atoms with van der Waals surface area (Å²) in [5, 5.41) is 0. The van der Waals surface area contributed by atoms with Gasteiger partial charge in [0.15, 0.2) is 29.1 Å². The molecule has 1 saturated heterocycles. The van der Waals surface area contributed by atoms with Crippen LogP contribution in [0.3, 0.4) is 0 Å². The number of hydrogen-bond donors (Lipinski definition) is 0. The monoisotopic (exact) mass is 359 g/mol. The zero-order chi connectivity index (χ0) is 18.3. The number of rotatable bonds is 0. The molecule has 1 spiro atoms. The average molecular weight is 359 g/mol. The van der Waals surface area contributed by atoms with Crippen LogP contribution < -0.4 is 9.47 Å². The number of amides is 1. The van der Waals surface area contributed by atoms with Gasteiger partial charge in [0, 0.05) is 11.1 Å². The molecule has 3 aliphatic heterocycles. The fourth-order valence-corrected chi connectivity index (χ4v) is 4.53. The molecule has 1 saturated carbocycles. The number of ketones is 1. The van der Waals surface area contributed by atoms with Crippen LogP contribution in [0.15, 0.2) is 12.1 Å². The molecule has 0 aromatic heterocycles. The molecule has 4 aliphatic rings. The van der Waals surface area contributed by atoms with E-state index in [9.17, 15) is 9.59 Å². The van der Waals surface area contributed by atoms with Crippen LogP contribution in [-0.2, 0) is 9.47 Å². The molecule has 0 radical (unpaired) electrons. The van der Waals surface area contributed by atoms with E-state index in [4.69, 9.17) is 18.9 Å². The first-order valence-corrected chi connectivity index (χ1v) is 8.98. The summed E-state index contributed by atoms with van der Waals surface area (Å²) in [4.78, 5) is 27.9. The molecule has 0 N–H and O–H groups in total. The molecule has 138 valence electrons. The molecule has 1 amide bonds. The molecule has 2 bridgehead atoms. The van der Waals surface area contributed by atoms with Crippen molar-refractivity contribution in [3.8, 4) is 11.5 Å². The Morgan fingerprint density at radius 2 is 2.00 bits per heavy atom. The normalized spacial score (nSPS) is 31.0. The van der Waals surface area contributed by atoms with Gasteiger partial charge in [-0.15, -0.1) is 0 Å². The number of Topliss-reactive ketones (excluding diaryl/α,β-unsaturated/α-hetero) is 1. The predicted molar refractivity (Wildman–Crippen MR) is 89.2 cm³/mol. The number of fused-ring (bicyclic) bond motifs is 4. The molecule has 7 nitrogen and oxygen atoms in total. The Morgan fingerprint density at radius 1 is 1.27 bits per heavy atom. The minimum absolute atomic E-state index is 0.0735. The van der Waals surface area contributed by atoms with Crippen LogP contribution in [0, 0.1) is 0 Å². The van der Waals surface area contributed by atoms with Gasteiger partial charge in [0.2, 0.25) is 6.79 Å². The summed E-state index contributed by atoms with van der Waals surface area (Å²) in [5.74, 6) is 1.06. The molecule has 1 aromatic rings. The highest BCUT2D eigenvalue weighted by Gasteiger charge is 2.66. The Balaban J connectivity index is 1.63. The van der Waals surface area contributed by atoms with E-state index in [1.807, 2.05) is 20.8 Å². The summed E-state index contributed by atoms with van der Waals surface area (Å²) in [6, 6.07) is 3.18. The molecule has 1 aliphatic carbocycles. The third-order valence-electron chi connectivity index (χ3n) is 5.52. The maximum atomic E-state index is 13.3. The van der Waals surface area contributed by atoms with E-state index in [0.29, 0.717) is 29.0 Å². The van der Waals surface area contributed by atoms with E-state index in [-0.39, 0.29) is 18.6 Å². The van der Waals surface area contributed by atoms with Crippen molar-refractivity contribution in [3.05, 3.63) is 23.3 Å². The van der Waals surface area contributed by atoms with Crippen LogP contribution in [0.25, 0.3) is 0 Å². The smallest absolute Gasteiger partial charge is 0.413 e. The topological polar surface area (TPSA) is 74.3 Å². The third kappa shape index (κ3) is 1.97. The van der Waals surface area contributed by atoms with E-state index >= 15 is 0 Å². The summed E-state index contributed by atoms with van der Waals surface area (Å²) in [6.45, 7) is 5.61. The quantitative estimate of drug-likeness (QED) is 0.708. The molecule has 5 rings (SSSR count). The Kier molecular flexibility index (Phi) is 3.01. The molecule has 2 fully saturated rings. The number of hydrogen-bond acceptors (Lipinski definition) is 6. The third-order valence-corrected chi connectivity index (χ3v) is 5.52. The molecular weight excluding hydrogens is 338 g/mol. The lowest BCUT2D eigenvalue weighted by molar-refractivity contribution is -0.0576. The number of carbonyl (C=O) groups excluding carboxylic acids is 2. The highest BCUT2D eigenvalue weighted by molar-refractivity contribution is 6.07. The second kappa shape index (κ2) is 4.91. The summed E-state index contributed by atoms with van der Waals surface area (Å²) in [6.07, 6.45) is 1.08. The number of benzene rings is 1. The zero-order valence-corrected chi connectivity index (χ0v) is 15.0. The van der Waals surface area contributed by atoms with Gasteiger partial charge in [0.25, 0.3) is 0 Å². The first-order valence-electron chi connectivity index (χ1n) is 8.98. The van der Waals surface area contributed by atoms with Crippen LogP contribution >= 0.6 is 0 Å². The van der Waals surface area contributed by atoms with Crippen LogP contribution in [0.5, 0.6) is 11.5 Å². The maximum Gasteiger partial charge on any atom is 0.413 e. The van der Waals surface area contributed by atoms with Gasteiger partial charge < -0.3 is 18.9 Å². The lowest BCUT2D eigenvalue weighted by Gasteiger charge is -2.31. The summed E-state index contributed by atoms with van der Waals surface area (Å²) in [5.41, 5.74) is -0.391. The lowest BCUT2D eigenvalue weighted by Crippen LogP contribution is -2.48. The minimum atomic E-state index is -0.970. The Morgan fingerprint density at radius 3 is 2.73 bits per heavy atom. The average Bonchev–Trinajstić information content (AvgIpc) is 3.22. The van der Waals surface area contributed by atoms with E-state index < -0.39 is 23.5 Å². The van der Waals surface area contributed by atoms with Crippen molar-refractivity contribution in [2.45, 2.75) is 63.5 Å². The minimum Gasteiger partial charge on any atom is -0.454 e. The van der Waals surface area contributed by atoms with Crippen molar-refractivity contribution in [2.24, 2.45) is 0 Å². The SMILES string of the molecule is CC(C)(C)OC(=O)N1C2CCC[C@]23O[C@@H]1c1cc2c(cc1C3=O)OCO2. The van der Waals surface area contributed by atoms with Crippen molar-refractivity contribution in [1.29, 1.82) is 0 Å². The molecule has 3 heterocycles. The van der Waals surface area contributed by atoms with Crippen molar-refractivity contribution < 1.29 is 28.5 Å². The Labute approximate surface area is 151 Å². The summed E-state index contributed by atoms with van der Waals surface area (Å²) >= 11 is 0. The summed E-state index contributed by atoms with van der Waals surface area (Å²) < 4.78 is 22.7. The fraction of sp³-hybridized carbons (Fsp3) is 0.579. The van der Waals surface area contributed by atoms with Gasteiger partial charge in [-0.2, -0.15) is 0 Å². The number of ether oxygens (including phenoxy) is 4. The maximum absolute atomic E-state index is 13.3. The highest BCUT2D eigenvalue weighted by Crippen LogP contribution is 2.56. The lowest BCUT2D eigenvalue weighted by atomic mass is 9.85. The van der Waals surface area contributed by atoms with Gasteiger partial charge in [-0.1, -0.05) is 0 Å². The Bertz CT molecular complexity index is 828. The summed E-state index contributed by atoms with van der Waals surface area (Å²) in [7, 11) is 0. The van der Waals surface area contributed by atoms with E-state index in [0.717, 1.165) is 12.8 Å². The number of carbonyl (C=O) groups is 2. The second-order valence-electron chi connectivity index (χ2n) is 8.28. The highest BCUT2D eigenvalue weighted by atomic mass is 16.7. The predicted octanol–water partition coefficient (Wildman–Crippen LogP) is 3.17. The fourth-order valence-electron chi connectivity index (χ4n) is 4.53. The van der Waals surface area contributed by atoms with Gasteiger partial charge in [0.05, 0.1) is 6.04 Å². The van der Waals surface area contributed by atoms with Gasteiger partial charge in [-0.05, 0) is 52.2 Å². The first kappa shape index (κ1) is 15.9. The molecular formula is C19H21NO6. The van der Waals surface area contributed by atoms with Gasteiger partial charge in [0.1, 0.15) is 5.60 Å². The van der Waals surface area contributed by atoms with Crippen molar-refractivity contribution in [3.63, 3.8) is 0 Å². The number of nitrogens with zero attached hydrogens (tertiary/aromatic N) is 1. The van der Waals surface area contributed by atoms with Crippen molar-refractivity contribution >= 4 is 11.9 Å². The standard InChI is InChI=1S/C19H21NO6/c1-18(2,3)26-17(22)20-14-5-4-6-19(14)15(21)10-7-12-13(24-9-23-12)8-11(10)16(20)25-19/h7-8,14,16H,4-6,9H2,1-3H3/t14?,16-,19+/m1/s1. The Hall–Kier alpha value is -2.28. The van der Waals surface area contributed by atoms with Crippen LogP contribution in [0.1, 0.15) is 62.2 Å². The van der Waals surface area contributed by atoms with E-state index in [1.165, 1.54) is 0 Å². The van der Waals surface area contributed by atoms with Crippen LogP contribution in [0.2, 0.25) is 0 Å². The van der Waals surface area contributed by atoms with Crippen LogP contribution in [-0.4, -0.2) is 40.8 Å². The van der Waals surface area contributed by atoms with Crippen molar-refractivity contribution in [2.75, 3.05) is 6.79 Å². The largest absolute Gasteiger partial charge is 0.454 e. The molecule has 26 heavy (non-hydrogen) atoms. The van der Waals surface area contributed by atoms with Crippen LogP contribution in [0.4, 0.5) is 4.79 Å². The van der Waals surface area contributed by atoms with Gasteiger partial charge in [-0.3, -0.25) is 9.69 Å². The van der Waals surface area contributed by atoms with Crippen molar-refractivity contribution in [1.82, 2.24) is 4.90 Å².